The topological polar surface area (TPSA) is 15.3 Å². The van der Waals surface area contributed by atoms with E-state index in [0.29, 0.717) is 0 Å². The van der Waals surface area contributed by atoms with Crippen LogP contribution in [0.15, 0.2) is 18.2 Å². The Hall–Kier alpha value is -0.640. The first-order chi connectivity index (χ1) is 9.69. The van der Waals surface area contributed by atoms with Crippen LogP contribution in [0.25, 0.3) is 0 Å². The molecule has 1 heterocycles. The van der Waals surface area contributed by atoms with Gasteiger partial charge in [0.2, 0.25) is 0 Å². The zero-order valence-electron chi connectivity index (χ0n) is 12.2. The molecule has 1 aromatic rings. The maximum atomic E-state index is 13.2. The molecule has 20 heavy (non-hydrogen) atoms. The number of benzene rings is 1. The summed E-state index contributed by atoms with van der Waals surface area (Å²) in [4.78, 5) is 2.45. The van der Waals surface area contributed by atoms with Crippen LogP contribution in [-0.4, -0.2) is 31.1 Å². The van der Waals surface area contributed by atoms with E-state index in [-0.39, 0.29) is 10.8 Å². The first-order valence-corrected chi connectivity index (χ1v) is 7.94. The lowest BCUT2D eigenvalue weighted by Gasteiger charge is -2.33. The lowest BCUT2D eigenvalue weighted by atomic mass is 9.97. The average molecular weight is 299 g/mol. The third-order valence-electron chi connectivity index (χ3n) is 3.85. The second-order valence-corrected chi connectivity index (χ2v) is 6.10. The average Bonchev–Trinajstić information content (AvgIpc) is 2.44. The van der Waals surface area contributed by atoms with Gasteiger partial charge in [-0.2, -0.15) is 0 Å². The molecule has 1 atom stereocenters. The molecular weight excluding hydrogens is 275 g/mol. The monoisotopic (exact) mass is 298 g/mol. The van der Waals surface area contributed by atoms with Crippen molar-refractivity contribution in [1.29, 1.82) is 0 Å². The van der Waals surface area contributed by atoms with Crippen molar-refractivity contribution in [3.8, 4) is 0 Å². The molecule has 0 spiro atoms. The first-order valence-electron chi connectivity index (χ1n) is 7.56. The highest BCUT2D eigenvalue weighted by Gasteiger charge is 2.19. The molecule has 1 fully saturated rings. The summed E-state index contributed by atoms with van der Waals surface area (Å²) in [5, 5.41) is 3.73. The maximum absolute atomic E-state index is 13.2. The zero-order chi connectivity index (χ0) is 14.4. The van der Waals surface area contributed by atoms with Gasteiger partial charge in [0.1, 0.15) is 5.82 Å². The van der Waals surface area contributed by atoms with Crippen LogP contribution in [0, 0.1) is 11.7 Å². The van der Waals surface area contributed by atoms with Crippen LogP contribution >= 0.6 is 11.6 Å². The van der Waals surface area contributed by atoms with Crippen molar-refractivity contribution in [2.45, 2.75) is 32.7 Å². The molecule has 1 aromatic carbocycles. The molecule has 2 rings (SSSR count). The molecule has 0 saturated carbocycles. The van der Waals surface area contributed by atoms with E-state index in [1.807, 2.05) is 6.07 Å². The number of likely N-dealkylation sites (tertiary alicyclic amines) is 1. The van der Waals surface area contributed by atoms with Gasteiger partial charge in [0, 0.05) is 13.1 Å². The van der Waals surface area contributed by atoms with E-state index in [1.54, 1.807) is 6.07 Å². The van der Waals surface area contributed by atoms with E-state index >= 15 is 0 Å². The number of nitrogens with one attached hydrogen (secondary N) is 1. The smallest absolute Gasteiger partial charge is 0.141 e. The molecule has 0 amide bonds. The molecule has 1 unspecified atom stereocenters. The SMILES string of the molecule is CCCNCC1CCCN(Cc2ccc(F)c(Cl)c2)C1. The van der Waals surface area contributed by atoms with Crippen molar-refractivity contribution in [3.63, 3.8) is 0 Å². The highest BCUT2D eigenvalue weighted by atomic mass is 35.5. The van der Waals surface area contributed by atoms with Gasteiger partial charge >= 0.3 is 0 Å². The molecule has 1 aliphatic heterocycles. The van der Waals surface area contributed by atoms with Crippen molar-refractivity contribution >= 4 is 11.6 Å². The Labute approximate surface area is 126 Å². The van der Waals surface area contributed by atoms with Gasteiger partial charge in [-0.25, -0.2) is 4.39 Å². The minimum absolute atomic E-state index is 0.223. The molecule has 4 heteroatoms. The second-order valence-electron chi connectivity index (χ2n) is 5.70. The number of halogens is 2. The highest BCUT2D eigenvalue weighted by Crippen LogP contribution is 2.21. The number of nitrogens with zero attached hydrogens (tertiary/aromatic N) is 1. The van der Waals surface area contributed by atoms with Gasteiger partial charge in [0.05, 0.1) is 5.02 Å². The normalized spacial score (nSPS) is 20.2. The quantitative estimate of drug-likeness (QED) is 0.806. The van der Waals surface area contributed by atoms with E-state index in [0.717, 1.165) is 44.2 Å². The Morgan fingerprint density at radius 2 is 2.30 bits per heavy atom. The Balaban J connectivity index is 1.84. The summed E-state index contributed by atoms with van der Waals surface area (Å²) in [6.07, 6.45) is 3.73. The minimum Gasteiger partial charge on any atom is -0.316 e. The summed E-state index contributed by atoms with van der Waals surface area (Å²) in [5.74, 6) is 0.391. The minimum atomic E-state index is -0.337. The summed E-state index contributed by atoms with van der Waals surface area (Å²) < 4.78 is 13.2. The van der Waals surface area contributed by atoms with Crippen molar-refractivity contribution in [3.05, 3.63) is 34.6 Å². The molecule has 0 aromatic heterocycles. The fourth-order valence-electron chi connectivity index (χ4n) is 2.84. The summed E-state index contributed by atoms with van der Waals surface area (Å²) in [7, 11) is 0. The zero-order valence-corrected chi connectivity index (χ0v) is 12.9. The van der Waals surface area contributed by atoms with Crippen LogP contribution in [0.3, 0.4) is 0 Å². The van der Waals surface area contributed by atoms with Crippen molar-refractivity contribution in [2.75, 3.05) is 26.2 Å². The Morgan fingerprint density at radius 3 is 3.05 bits per heavy atom. The van der Waals surface area contributed by atoms with Crippen LogP contribution in [0.2, 0.25) is 5.02 Å². The molecular formula is C16H24ClFN2. The molecule has 0 bridgehead atoms. The van der Waals surface area contributed by atoms with Crippen LogP contribution in [0.1, 0.15) is 31.7 Å². The second kappa shape index (κ2) is 7.96. The van der Waals surface area contributed by atoms with Crippen LogP contribution in [0.5, 0.6) is 0 Å². The predicted molar refractivity (Wildman–Crippen MR) is 82.6 cm³/mol. The molecule has 1 aliphatic rings. The van der Waals surface area contributed by atoms with E-state index < -0.39 is 0 Å². The fourth-order valence-corrected chi connectivity index (χ4v) is 3.04. The number of hydrogen-bond donors (Lipinski definition) is 1. The van der Waals surface area contributed by atoms with Gasteiger partial charge in [-0.1, -0.05) is 24.6 Å². The lowest BCUT2D eigenvalue weighted by molar-refractivity contribution is 0.165. The Morgan fingerprint density at radius 1 is 1.45 bits per heavy atom. The van der Waals surface area contributed by atoms with Gasteiger partial charge in [-0.05, 0) is 62.5 Å². The fraction of sp³-hybridized carbons (Fsp3) is 0.625. The molecule has 2 nitrogen and oxygen atoms in total. The molecule has 0 aliphatic carbocycles. The lowest BCUT2D eigenvalue weighted by Crippen LogP contribution is -2.39. The largest absolute Gasteiger partial charge is 0.316 e. The Kier molecular flexibility index (Phi) is 6.27. The molecule has 0 radical (unpaired) electrons. The van der Waals surface area contributed by atoms with Crippen LogP contribution in [0.4, 0.5) is 4.39 Å². The van der Waals surface area contributed by atoms with Gasteiger partial charge in [0.25, 0.3) is 0 Å². The number of rotatable bonds is 6. The standard InChI is InChI=1S/C16H24ClFN2/c1-2-7-19-10-14-4-3-8-20(12-14)11-13-5-6-16(18)15(17)9-13/h5-6,9,14,19H,2-4,7-8,10-12H2,1H3. The number of hydrogen-bond acceptors (Lipinski definition) is 2. The Bertz CT molecular complexity index is 425. The maximum Gasteiger partial charge on any atom is 0.141 e. The summed E-state index contributed by atoms with van der Waals surface area (Å²) in [6, 6.07) is 5.04. The number of piperidine rings is 1. The first kappa shape index (κ1) is 15.7. The van der Waals surface area contributed by atoms with Gasteiger partial charge in [-0.15, -0.1) is 0 Å². The van der Waals surface area contributed by atoms with Gasteiger partial charge in [0.15, 0.2) is 0 Å². The summed E-state index contributed by atoms with van der Waals surface area (Å²) >= 11 is 5.84. The van der Waals surface area contributed by atoms with E-state index in [1.165, 1.54) is 25.3 Å². The van der Waals surface area contributed by atoms with E-state index in [4.69, 9.17) is 11.6 Å². The van der Waals surface area contributed by atoms with E-state index in [2.05, 4.69) is 17.1 Å². The van der Waals surface area contributed by atoms with Gasteiger partial charge in [-0.3, -0.25) is 4.90 Å². The van der Waals surface area contributed by atoms with Gasteiger partial charge < -0.3 is 5.32 Å². The van der Waals surface area contributed by atoms with Crippen LogP contribution in [-0.2, 0) is 6.54 Å². The predicted octanol–water partition coefficient (Wildman–Crippen LogP) is 3.69. The molecule has 1 N–H and O–H groups in total. The molecule has 112 valence electrons. The summed E-state index contributed by atoms with van der Waals surface area (Å²) in [6.45, 7) is 7.51. The van der Waals surface area contributed by atoms with E-state index in [9.17, 15) is 4.39 Å². The van der Waals surface area contributed by atoms with Crippen molar-refractivity contribution in [1.82, 2.24) is 10.2 Å². The third-order valence-corrected chi connectivity index (χ3v) is 4.14. The summed E-state index contributed by atoms with van der Waals surface area (Å²) in [5.41, 5.74) is 1.10. The van der Waals surface area contributed by atoms with Crippen LogP contribution < -0.4 is 5.32 Å². The highest BCUT2D eigenvalue weighted by molar-refractivity contribution is 6.30. The third kappa shape index (κ3) is 4.72. The van der Waals surface area contributed by atoms with Crippen molar-refractivity contribution < 1.29 is 4.39 Å². The van der Waals surface area contributed by atoms with Crippen molar-refractivity contribution in [2.24, 2.45) is 5.92 Å². The molecule has 1 saturated heterocycles.